The molecule has 1 heterocycles. The van der Waals surface area contributed by atoms with E-state index in [9.17, 15) is 33.6 Å². The van der Waals surface area contributed by atoms with Crippen molar-refractivity contribution in [1.29, 1.82) is 0 Å². The van der Waals surface area contributed by atoms with Gasteiger partial charge < -0.3 is 26.6 Å². The predicted molar refractivity (Wildman–Crippen MR) is 176 cm³/mol. The van der Waals surface area contributed by atoms with Crippen LogP contribution in [0.2, 0.25) is 0 Å². The molecule has 1 unspecified atom stereocenters. The summed E-state index contributed by atoms with van der Waals surface area (Å²) in [6.07, 6.45) is 2.33. The molecule has 1 aromatic carbocycles. The summed E-state index contributed by atoms with van der Waals surface area (Å²) in [4.78, 5) is 88.3. The van der Waals surface area contributed by atoms with Crippen molar-refractivity contribution in [2.45, 2.75) is 86.1 Å². The fourth-order valence-electron chi connectivity index (χ4n) is 4.86. The number of imide groups is 1. The highest BCUT2D eigenvalue weighted by molar-refractivity contribution is 6.03. The summed E-state index contributed by atoms with van der Waals surface area (Å²) in [7, 11) is 0. The van der Waals surface area contributed by atoms with E-state index in [4.69, 9.17) is 0 Å². The van der Waals surface area contributed by atoms with E-state index in [2.05, 4.69) is 26.6 Å². The fourth-order valence-corrected chi connectivity index (χ4v) is 4.86. The van der Waals surface area contributed by atoms with Crippen molar-refractivity contribution in [1.82, 2.24) is 31.5 Å². The maximum Gasteiger partial charge on any atom is 0.243 e. The zero-order valence-electron chi connectivity index (χ0n) is 28.6. The first-order valence-corrected chi connectivity index (χ1v) is 16.2. The Bertz CT molecular complexity index is 1270. The van der Waals surface area contributed by atoms with Gasteiger partial charge in [0.05, 0.1) is 25.6 Å². The number of rotatable bonds is 17. The molecule has 1 saturated heterocycles. The van der Waals surface area contributed by atoms with Crippen LogP contribution >= 0.6 is 0 Å². The molecule has 0 aromatic heterocycles. The summed E-state index contributed by atoms with van der Waals surface area (Å²) < 4.78 is 0. The topological polar surface area (TPSA) is 183 Å². The van der Waals surface area contributed by atoms with Crippen LogP contribution in [-0.4, -0.2) is 85.0 Å². The van der Waals surface area contributed by atoms with Crippen LogP contribution in [0.4, 0.5) is 0 Å². The van der Waals surface area contributed by atoms with Crippen LogP contribution in [0.15, 0.2) is 30.3 Å². The number of unbranched alkanes of at least 4 members (excludes halogenated alkanes) is 2. The molecule has 13 nitrogen and oxygen atoms in total. The Balaban J connectivity index is 1.70. The summed E-state index contributed by atoms with van der Waals surface area (Å²) in [6, 6.07) is 8.07. The van der Waals surface area contributed by atoms with Gasteiger partial charge in [0.2, 0.25) is 41.4 Å². The van der Waals surface area contributed by atoms with Crippen molar-refractivity contribution in [3.8, 4) is 0 Å². The number of carbonyl (C=O) groups excluding carboxylic acids is 7. The molecular weight excluding hydrogens is 604 g/mol. The van der Waals surface area contributed by atoms with E-state index in [1.165, 1.54) is 4.90 Å². The fraction of sp³-hybridized carbons (Fsp3) is 0.618. The maximum atomic E-state index is 12.9. The van der Waals surface area contributed by atoms with Crippen LogP contribution in [0.1, 0.15) is 79.2 Å². The summed E-state index contributed by atoms with van der Waals surface area (Å²) in [5.41, 5.74) is 0.403. The third-order valence-corrected chi connectivity index (χ3v) is 7.64. The molecule has 0 aliphatic carbocycles. The Morgan fingerprint density at radius 1 is 0.766 bits per heavy atom. The number of hydrogen-bond acceptors (Lipinski definition) is 7. The quantitative estimate of drug-likeness (QED) is 0.123. The van der Waals surface area contributed by atoms with Crippen LogP contribution in [0.5, 0.6) is 0 Å². The first-order chi connectivity index (χ1) is 22.0. The lowest BCUT2D eigenvalue weighted by Crippen LogP contribution is -2.52. The highest BCUT2D eigenvalue weighted by Crippen LogP contribution is 2.35. The van der Waals surface area contributed by atoms with Crippen molar-refractivity contribution < 1.29 is 33.6 Å². The smallest absolute Gasteiger partial charge is 0.243 e. The Morgan fingerprint density at radius 3 is 1.98 bits per heavy atom. The molecule has 1 aliphatic rings. The standard InChI is InChI=1S/C34H52N6O7/c1-33(2,3)22-38-28(43)20-37-31(46)25(17-23-13-9-7-10-14-23)39-29(44)21-36-27(42)19-35-26(41)15-11-8-12-16-40-30(45)18-24(32(40)47)34(4,5)6/h7,9-10,13-14,24-25H,8,11-12,15-22H2,1-6H3,(H,35,41)(H,36,42)(H,37,46)(H,38,43)(H,39,44)/t24?,25-/m0/s1. The third-order valence-electron chi connectivity index (χ3n) is 7.64. The van der Waals surface area contributed by atoms with Gasteiger partial charge in [-0.3, -0.25) is 38.5 Å². The Labute approximate surface area is 277 Å². The second-order valence-corrected chi connectivity index (χ2v) is 14.2. The number of nitrogens with zero attached hydrogens (tertiary/aromatic N) is 1. The van der Waals surface area contributed by atoms with E-state index in [0.29, 0.717) is 32.4 Å². The highest BCUT2D eigenvalue weighted by Gasteiger charge is 2.44. The molecule has 1 aromatic rings. The van der Waals surface area contributed by atoms with Crippen molar-refractivity contribution in [2.75, 3.05) is 32.7 Å². The zero-order valence-corrected chi connectivity index (χ0v) is 28.6. The van der Waals surface area contributed by atoms with E-state index in [0.717, 1.165) is 5.56 Å². The van der Waals surface area contributed by atoms with Crippen molar-refractivity contribution in [2.24, 2.45) is 16.7 Å². The van der Waals surface area contributed by atoms with E-state index in [-0.39, 0.29) is 72.7 Å². The number of hydrogen-bond donors (Lipinski definition) is 5. The van der Waals surface area contributed by atoms with Gasteiger partial charge in [-0.1, -0.05) is 78.3 Å². The molecule has 2 rings (SSSR count). The number of likely N-dealkylation sites (tertiary alicyclic amines) is 1. The number of carbonyl (C=O) groups is 7. The molecule has 13 heteroatoms. The minimum Gasteiger partial charge on any atom is -0.354 e. The van der Waals surface area contributed by atoms with Crippen molar-refractivity contribution in [3.63, 3.8) is 0 Å². The monoisotopic (exact) mass is 656 g/mol. The summed E-state index contributed by atoms with van der Waals surface area (Å²) in [5.74, 6) is -3.01. The van der Waals surface area contributed by atoms with Gasteiger partial charge in [0.15, 0.2) is 0 Å². The average Bonchev–Trinajstić information content (AvgIpc) is 3.29. The molecule has 260 valence electrons. The van der Waals surface area contributed by atoms with Gasteiger partial charge in [0.1, 0.15) is 6.04 Å². The van der Waals surface area contributed by atoms with Gasteiger partial charge >= 0.3 is 0 Å². The number of benzene rings is 1. The molecule has 2 atom stereocenters. The molecule has 0 spiro atoms. The average molecular weight is 657 g/mol. The van der Waals surface area contributed by atoms with Gasteiger partial charge in [0.25, 0.3) is 0 Å². The van der Waals surface area contributed by atoms with E-state index >= 15 is 0 Å². The number of amides is 7. The molecular formula is C34H52N6O7. The summed E-state index contributed by atoms with van der Waals surface area (Å²) in [5, 5.41) is 12.9. The Kier molecular flexibility index (Phi) is 15.0. The molecule has 7 amide bonds. The molecule has 0 bridgehead atoms. The van der Waals surface area contributed by atoms with Gasteiger partial charge in [-0.2, -0.15) is 0 Å². The Morgan fingerprint density at radius 2 is 1.36 bits per heavy atom. The number of nitrogens with one attached hydrogen (secondary N) is 5. The predicted octanol–water partition coefficient (Wildman–Crippen LogP) is 1.21. The minimum atomic E-state index is -0.987. The highest BCUT2D eigenvalue weighted by atomic mass is 16.2. The summed E-state index contributed by atoms with van der Waals surface area (Å²) in [6.45, 7) is 11.5. The largest absolute Gasteiger partial charge is 0.354 e. The van der Waals surface area contributed by atoms with Crippen LogP contribution in [0.25, 0.3) is 0 Å². The molecule has 5 N–H and O–H groups in total. The molecule has 0 radical (unpaired) electrons. The first-order valence-electron chi connectivity index (χ1n) is 16.2. The van der Waals surface area contributed by atoms with Gasteiger partial charge in [-0.15, -0.1) is 0 Å². The molecule has 47 heavy (non-hydrogen) atoms. The second kappa shape index (κ2) is 18.2. The van der Waals surface area contributed by atoms with Crippen LogP contribution < -0.4 is 26.6 Å². The maximum absolute atomic E-state index is 12.9. The van der Waals surface area contributed by atoms with Gasteiger partial charge in [-0.25, -0.2) is 0 Å². The lowest BCUT2D eigenvalue weighted by Gasteiger charge is -2.24. The van der Waals surface area contributed by atoms with Crippen LogP contribution in [0, 0.1) is 16.7 Å². The van der Waals surface area contributed by atoms with Gasteiger partial charge in [0, 0.05) is 32.4 Å². The first kappa shape index (κ1) is 38.9. The third kappa shape index (κ3) is 14.8. The Hall–Kier alpha value is -4.29. The van der Waals surface area contributed by atoms with E-state index in [1.54, 1.807) is 12.1 Å². The van der Waals surface area contributed by atoms with Crippen molar-refractivity contribution >= 4 is 41.4 Å². The van der Waals surface area contributed by atoms with E-state index < -0.39 is 30.3 Å². The molecule has 1 fully saturated rings. The SMILES string of the molecule is CC(C)(C)CNC(=O)CNC(=O)[C@H](Cc1ccccc1)NC(=O)CNC(=O)CNC(=O)CCCCCN1C(=O)CC(C(C)(C)C)C1=O. The molecule has 0 saturated carbocycles. The molecule has 1 aliphatic heterocycles. The van der Waals surface area contributed by atoms with E-state index in [1.807, 2.05) is 59.7 Å². The lowest BCUT2D eigenvalue weighted by atomic mass is 9.80. The lowest BCUT2D eigenvalue weighted by molar-refractivity contribution is -0.140. The van der Waals surface area contributed by atoms with Crippen LogP contribution in [0.3, 0.4) is 0 Å². The van der Waals surface area contributed by atoms with Gasteiger partial charge in [-0.05, 0) is 29.2 Å². The second-order valence-electron chi connectivity index (χ2n) is 14.2. The minimum absolute atomic E-state index is 0.117. The summed E-state index contributed by atoms with van der Waals surface area (Å²) >= 11 is 0. The van der Waals surface area contributed by atoms with Crippen molar-refractivity contribution in [3.05, 3.63) is 35.9 Å². The van der Waals surface area contributed by atoms with Crippen LogP contribution in [-0.2, 0) is 40.0 Å². The normalized spacial score (nSPS) is 15.5. The zero-order chi connectivity index (χ0) is 35.2.